The molecule has 0 atom stereocenters. The van der Waals surface area contributed by atoms with Gasteiger partial charge in [-0.05, 0) is 28.5 Å². The number of carbonyl (C=O) groups excluding carboxylic acids is 2. The molecule has 0 aromatic heterocycles. The predicted octanol–water partition coefficient (Wildman–Crippen LogP) is 3.83. The summed E-state index contributed by atoms with van der Waals surface area (Å²) in [6.45, 7) is 0.468. The van der Waals surface area contributed by atoms with Crippen molar-refractivity contribution in [1.82, 2.24) is 4.90 Å². The van der Waals surface area contributed by atoms with E-state index in [-0.39, 0.29) is 18.5 Å². The molecule has 0 saturated heterocycles. The fourth-order valence-electron chi connectivity index (χ4n) is 3.13. The zero-order valence-electron chi connectivity index (χ0n) is 14.9. The number of ether oxygens (including phenoxy) is 1. The summed E-state index contributed by atoms with van der Waals surface area (Å²) in [4.78, 5) is 25.5. The van der Waals surface area contributed by atoms with Crippen molar-refractivity contribution in [2.75, 3.05) is 24.3 Å². The van der Waals surface area contributed by atoms with Crippen LogP contribution < -0.4 is 15.4 Å². The number of carbonyl (C=O) groups is 2. The van der Waals surface area contributed by atoms with E-state index in [2.05, 4.69) is 28.8 Å². The topological polar surface area (TPSA) is 70.7 Å². The van der Waals surface area contributed by atoms with Crippen LogP contribution in [0.5, 0.6) is 5.75 Å². The van der Waals surface area contributed by atoms with E-state index in [0.717, 1.165) is 16.3 Å². The smallest absolute Gasteiger partial charge is 0.321 e. The average molecular weight is 361 g/mol. The number of nitrogens with zero attached hydrogens (tertiary/aromatic N) is 1. The summed E-state index contributed by atoms with van der Waals surface area (Å²) in [5.41, 5.74) is 2.30. The summed E-state index contributed by atoms with van der Waals surface area (Å²) in [6, 6.07) is 19.1. The summed E-state index contributed by atoms with van der Waals surface area (Å²) in [5.74, 6) is 0.359. The third-order valence-electron chi connectivity index (χ3n) is 4.50. The van der Waals surface area contributed by atoms with E-state index in [1.165, 1.54) is 0 Å². The zero-order valence-corrected chi connectivity index (χ0v) is 14.9. The van der Waals surface area contributed by atoms with E-state index in [1.54, 1.807) is 30.1 Å². The first kappa shape index (κ1) is 16.9. The Morgan fingerprint density at radius 1 is 1.15 bits per heavy atom. The molecular formula is C21H19N3O3. The summed E-state index contributed by atoms with van der Waals surface area (Å²) in [5, 5.41) is 7.88. The molecule has 136 valence electrons. The monoisotopic (exact) mass is 361 g/mol. The summed E-state index contributed by atoms with van der Waals surface area (Å²) in [7, 11) is 1.76. The number of nitrogens with one attached hydrogen (secondary N) is 2. The van der Waals surface area contributed by atoms with Gasteiger partial charge in [-0.15, -0.1) is 0 Å². The highest BCUT2D eigenvalue weighted by atomic mass is 16.5. The molecule has 0 radical (unpaired) electrons. The molecule has 3 aromatic carbocycles. The Labute approximate surface area is 156 Å². The fourth-order valence-corrected chi connectivity index (χ4v) is 3.13. The molecular weight excluding hydrogens is 342 g/mol. The van der Waals surface area contributed by atoms with Gasteiger partial charge in [-0.3, -0.25) is 4.79 Å². The molecule has 0 aliphatic carbocycles. The van der Waals surface area contributed by atoms with Crippen molar-refractivity contribution in [2.24, 2.45) is 0 Å². The Kier molecular flexibility index (Phi) is 4.38. The Morgan fingerprint density at radius 2 is 1.96 bits per heavy atom. The van der Waals surface area contributed by atoms with Gasteiger partial charge in [0.15, 0.2) is 6.61 Å². The third kappa shape index (κ3) is 3.55. The summed E-state index contributed by atoms with van der Waals surface area (Å²) < 4.78 is 5.39. The number of benzene rings is 3. The SMILES string of the molecule is CN(Cc1cccc2ccccc12)C(=O)Nc1ccc2c(c1)OCC(=O)N2. The number of urea groups is 1. The number of amides is 3. The molecule has 27 heavy (non-hydrogen) atoms. The largest absolute Gasteiger partial charge is 0.482 e. The predicted molar refractivity (Wildman–Crippen MR) is 105 cm³/mol. The van der Waals surface area contributed by atoms with E-state index < -0.39 is 0 Å². The number of hydrogen-bond donors (Lipinski definition) is 2. The van der Waals surface area contributed by atoms with Gasteiger partial charge >= 0.3 is 6.03 Å². The van der Waals surface area contributed by atoms with Crippen LogP contribution in [0.3, 0.4) is 0 Å². The first-order chi connectivity index (χ1) is 13.1. The molecule has 6 heteroatoms. The fraction of sp³-hybridized carbons (Fsp3) is 0.143. The average Bonchev–Trinajstić information content (AvgIpc) is 2.68. The van der Waals surface area contributed by atoms with Crippen molar-refractivity contribution in [3.8, 4) is 5.75 Å². The molecule has 3 amide bonds. The van der Waals surface area contributed by atoms with Gasteiger partial charge < -0.3 is 20.3 Å². The Bertz CT molecular complexity index is 1030. The van der Waals surface area contributed by atoms with Gasteiger partial charge in [0.25, 0.3) is 5.91 Å². The minimum atomic E-state index is -0.220. The Hall–Kier alpha value is -3.54. The van der Waals surface area contributed by atoms with Crippen molar-refractivity contribution >= 4 is 34.1 Å². The van der Waals surface area contributed by atoms with Crippen LogP contribution in [0.1, 0.15) is 5.56 Å². The molecule has 0 saturated carbocycles. The van der Waals surface area contributed by atoms with Crippen LogP contribution in [0.2, 0.25) is 0 Å². The van der Waals surface area contributed by atoms with Crippen LogP contribution in [0.15, 0.2) is 60.7 Å². The van der Waals surface area contributed by atoms with Gasteiger partial charge in [-0.25, -0.2) is 4.79 Å². The second-order valence-corrected chi connectivity index (χ2v) is 6.47. The molecule has 4 rings (SSSR count). The highest BCUT2D eigenvalue weighted by Gasteiger charge is 2.17. The molecule has 1 aliphatic heterocycles. The van der Waals surface area contributed by atoms with Crippen LogP contribution in [0.4, 0.5) is 16.2 Å². The first-order valence-electron chi connectivity index (χ1n) is 8.65. The van der Waals surface area contributed by atoms with Gasteiger partial charge in [0.05, 0.1) is 5.69 Å². The molecule has 3 aromatic rings. The molecule has 0 bridgehead atoms. The van der Waals surface area contributed by atoms with Crippen LogP contribution in [-0.2, 0) is 11.3 Å². The quantitative estimate of drug-likeness (QED) is 0.745. The van der Waals surface area contributed by atoms with Crippen LogP contribution >= 0.6 is 0 Å². The lowest BCUT2D eigenvalue weighted by atomic mass is 10.0. The van der Waals surface area contributed by atoms with Crippen molar-refractivity contribution < 1.29 is 14.3 Å². The van der Waals surface area contributed by atoms with Gasteiger partial charge in [0, 0.05) is 25.3 Å². The van der Waals surface area contributed by atoms with Gasteiger partial charge in [0.1, 0.15) is 5.75 Å². The maximum atomic E-state index is 12.6. The highest BCUT2D eigenvalue weighted by Crippen LogP contribution is 2.30. The number of rotatable bonds is 3. The van der Waals surface area contributed by atoms with Crippen LogP contribution in [-0.4, -0.2) is 30.5 Å². The lowest BCUT2D eigenvalue weighted by Gasteiger charge is -2.21. The maximum Gasteiger partial charge on any atom is 0.321 e. The van der Waals surface area contributed by atoms with Crippen LogP contribution in [0, 0.1) is 0 Å². The zero-order chi connectivity index (χ0) is 18.8. The number of anilines is 2. The number of hydrogen-bond acceptors (Lipinski definition) is 3. The Balaban J connectivity index is 1.47. The maximum absolute atomic E-state index is 12.6. The van der Waals surface area contributed by atoms with E-state index >= 15 is 0 Å². The molecule has 0 unspecified atom stereocenters. The molecule has 6 nitrogen and oxygen atoms in total. The van der Waals surface area contributed by atoms with Crippen LogP contribution in [0.25, 0.3) is 10.8 Å². The summed E-state index contributed by atoms with van der Waals surface area (Å²) >= 11 is 0. The standard InChI is InChI=1S/C21H19N3O3/c1-24(12-15-7-4-6-14-5-2-3-8-17(14)15)21(26)22-16-9-10-18-19(11-16)27-13-20(25)23-18/h2-11H,12-13H2,1H3,(H,22,26)(H,23,25). The van der Waals surface area contributed by atoms with Crippen molar-refractivity contribution in [2.45, 2.75) is 6.54 Å². The number of fused-ring (bicyclic) bond motifs is 2. The van der Waals surface area contributed by atoms with E-state index in [0.29, 0.717) is 23.7 Å². The van der Waals surface area contributed by atoms with E-state index in [4.69, 9.17) is 4.74 Å². The third-order valence-corrected chi connectivity index (χ3v) is 4.50. The van der Waals surface area contributed by atoms with E-state index in [9.17, 15) is 9.59 Å². The van der Waals surface area contributed by atoms with Gasteiger partial charge in [-0.1, -0.05) is 42.5 Å². The minimum absolute atomic E-state index is 0.0224. The normalized spacial score (nSPS) is 12.7. The molecule has 2 N–H and O–H groups in total. The summed E-state index contributed by atoms with van der Waals surface area (Å²) in [6.07, 6.45) is 0. The second kappa shape index (κ2) is 6.99. The van der Waals surface area contributed by atoms with E-state index in [1.807, 2.05) is 24.3 Å². The molecule has 1 heterocycles. The second-order valence-electron chi connectivity index (χ2n) is 6.47. The molecule has 1 aliphatic rings. The molecule has 0 fully saturated rings. The van der Waals surface area contributed by atoms with Crippen molar-refractivity contribution in [3.63, 3.8) is 0 Å². The van der Waals surface area contributed by atoms with Crippen molar-refractivity contribution in [3.05, 3.63) is 66.2 Å². The van der Waals surface area contributed by atoms with Gasteiger partial charge in [-0.2, -0.15) is 0 Å². The van der Waals surface area contributed by atoms with Crippen molar-refractivity contribution in [1.29, 1.82) is 0 Å². The minimum Gasteiger partial charge on any atom is -0.482 e. The lowest BCUT2D eigenvalue weighted by Crippen LogP contribution is -2.31. The molecule has 0 spiro atoms. The first-order valence-corrected chi connectivity index (χ1v) is 8.65. The lowest BCUT2D eigenvalue weighted by molar-refractivity contribution is -0.118. The Morgan fingerprint density at radius 3 is 2.85 bits per heavy atom. The van der Waals surface area contributed by atoms with Gasteiger partial charge in [0.2, 0.25) is 0 Å². The highest BCUT2D eigenvalue weighted by molar-refractivity contribution is 5.97.